The first kappa shape index (κ1) is 20.6. The van der Waals surface area contributed by atoms with Crippen LogP contribution in [0.2, 0.25) is 0 Å². The van der Waals surface area contributed by atoms with Crippen LogP contribution in [-0.2, 0) is 11.8 Å². The van der Waals surface area contributed by atoms with Crippen LogP contribution < -0.4 is 14.4 Å². The molecule has 3 aromatic rings. The van der Waals surface area contributed by atoms with E-state index in [0.717, 1.165) is 35.6 Å². The summed E-state index contributed by atoms with van der Waals surface area (Å²) in [5.41, 5.74) is 1.22. The van der Waals surface area contributed by atoms with Crippen molar-refractivity contribution in [3.8, 4) is 11.6 Å². The van der Waals surface area contributed by atoms with Crippen molar-refractivity contribution in [1.29, 1.82) is 0 Å². The number of carbonyl (C=O) groups is 1. The fourth-order valence-electron chi connectivity index (χ4n) is 3.40. The second-order valence-corrected chi connectivity index (χ2v) is 7.98. The highest BCUT2D eigenvalue weighted by Crippen LogP contribution is 2.32. The Hall–Kier alpha value is -2.69. The summed E-state index contributed by atoms with van der Waals surface area (Å²) in [7, 11) is 4.91. The number of hydrogen-bond acceptors (Lipinski definition) is 8. The van der Waals surface area contributed by atoms with Gasteiger partial charge in [-0.1, -0.05) is 11.3 Å². The molecule has 1 fully saturated rings. The molecule has 0 bridgehead atoms. The molecule has 1 amide bonds. The third kappa shape index (κ3) is 4.25. The van der Waals surface area contributed by atoms with Crippen molar-refractivity contribution in [3.63, 3.8) is 0 Å². The van der Waals surface area contributed by atoms with Crippen LogP contribution in [0.25, 0.3) is 10.2 Å². The number of nitrogens with zero attached hydrogens (tertiary/aromatic N) is 5. The number of fused-ring (bicyclic) bond motifs is 1. The maximum absolute atomic E-state index is 13.5. The van der Waals surface area contributed by atoms with Gasteiger partial charge in [0, 0.05) is 45.5 Å². The molecule has 2 aromatic heterocycles. The average molecular weight is 432 g/mol. The van der Waals surface area contributed by atoms with Gasteiger partial charge in [-0.2, -0.15) is 0 Å². The molecule has 0 aliphatic carbocycles. The second kappa shape index (κ2) is 8.99. The van der Waals surface area contributed by atoms with Gasteiger partial charge >= 0.3 is 0 Å². The number of aromatic nitrogens is 3. The summed E-state index contributed by atoms with van der Waals surface area (Å²) < 4.78 is 18.6. The first-order chi connectivity index (χ1) is 14.6. The van der Waals surface area contributed by atoms with Gasteiger partial charge in [0.05, 0.1) is 37.6 Å². The van der Waals surface area contributed by atoms with Gasteiger partial charge in [-0.05, 0) is 12.1 Å². The minimum Gasteiger partial charge on any atom is -0.497 e. The van der Waals surface area contributed by atoms with Gasteiger partial charge in [-0.3, -0.25) is 19.3 Å². The Kier molecular flexibility index (Phi) is 6.16. The standard InChI is InChI=1S/C20H25N5O4S/c1-23-13-15(18(22-23)28-3)19(26)25(7-6-24-8-10-29-11-9-24)20-21-16-12-14(27-2)4-5-17(16)30-20/h4-5,12-13H,6-11H2,1-3H3. The summed E-state index contributed by atoms with van der Waals surface area (Å²) in [6.45, 7) is 4.38. The molecule has 30 heavy (non-hydrogen) atoms. The van der Waals surface area contributed by atoms with Crippen LogP contribution in [0.15, 0.2) is 24.4 Å². The molecule has 0 unspecified atom stereocenters. The zero-order valence-electron chi connectivity index (χ0n) is 17.3. The fourth-order valence-corrected chi connectivity index (χ4v) is 4.37. The molecule has 1 saturated heterocycles. The highest BCUT2D eigenvalue weighted by atomic mass is 32.1. The van der Waals surface area contributed by atoms with Gasteiger partial charge in [0.25, 0.3) is 5.91 Å². The lowest BCUT2D eigenvalue weighted by molar-refractivity contribution is 0.0391. The number of amides is 1. The van der Waals surface area contributed by atoms with Gasteiger partial charge < -0.3 is 14.2 Å². The number of carbonyl (C=O) groups excluding carboxylic acids is 1. The molecule has 0 saturated carbocycles. The number of methoxy groups -OCH3 is 2. The number of aryl methyl sites for hydroxylation is 1. The first-order valence-electron chi connectivity index (χ1n) is 9.73. The van der Waals surface area contributed by atoms with Gasteiger partial charge in [0.15, 0.2) is 5.13 Å². The highest BCUT2D eigenvalue weighted by Gasteiger charge is 2.27. The molecule has 0 N–H and O–H groups in total. The lowest BCUT2D eigenvalue weighted by Crippen LogP contribution is -2.43. The number of ether oxygens (including phenoxy) is 3. The van der Waals surface area contributed by atoms with Gasteiger partial charge in [0.2, 0.25) is 5.88 Å². The van der Waals surface area contributed by atoms with Gasteiger partial charge in [0.1, 0.15) is 11.3 Å². The van der Waals surface area contributed by atoms with Crippen LogP contribution in [0.3, 0.4) is 0 Å². The lowest BCUT2D eigenvalue weighted by Gasteiger charge is -2.29. The number of hydrogen-bond donors (Lipinski definition) is 0. The topological polar surface area (TPSA) is 82.0 Å². The van der Waals surface area contributed by atoms with E-state index in [1.54, 1.807) is 29.9 Å². The van der Waals surface area contributed by atoms with Gasteiger partial charge in [-0.25, -0.2) is 4.98 Å². The van der Waals surface area contributed by atoms with E-state index in [1.165, 1.54) is 18.4 Å². The molecule has 4 rings (SSSR count). The van der Waals surface area contributed by atoms with E-state index in [4.69, 9.17) is 19.2 Å². The second-order valence-electron chi connectivity index (χ2n) is 6.97. The third-order valence-corrected chi connectivity index (χ3v) is 6.08. The molecule has 0 radical (unpaired) electrons. The van der Waals surface area contributed by atoms with Crippen LogP contribution >= 0.6 is 11.3 Å². The summed E-state index contributed by atoms with van der Waals surface area (Å²) in [6, 6.07) is 5.74. The SMILES string of the molecule is COc1ccc2sc(N(CCN3CCOCC3)C(=O)c3cn(C)nc3OC)nc2c1. The molecular weight excluding hydrogens is 406 g/mol. The quantitative estimate of drug-likeness (QED) is 0.566. The normalized spacial score (nSPS) is 14.8. The Labute approximate surface area is 178 Å². The minimum atomic E-state index is -0.181. The Balaban J connectivity index is 1.66. The lowest BCUT2D eigenvalue weighted by atomic mass is 10.3. The smallest absolute Gasteiger partial charge is 0.267 e. The number of thiazole rings is 1. The molecule has 0 atom stereocenters. The van der Waals surface area contributed by atoms with Crippen molar-refractivity contribution in [3.05, 3.63) is 30.0 Å². The molecule has 160 valence electrons. The van der Waals surface area contributed by atoms with Crippen molar-refractivity contribution < 1.29 is 19.0 Å². The molecule has 1 aliphatic rings. The van der Waals surface area contributed by atoms with E-state index in [9.17, 15) is 4.79 Å². The molecule has 3 heterocycles. The van der Waals surface area contributed by atoms with E-state index in [-0.39, 0.29) is 5.91 Å². The summed E-state index contributed by atoms with van der Waals surface area (Å²) >= 11 is 1.48. The van der Waals surface area contributed by atoms with E-state index in [1.807, 2.05) is 18.2 Å². The maximum Gasteiger partial charge on any atom is 0.267 e. The predicted molar refractivity (Wildman–Crippen MR) is 115 cm³/mol. The van der Waals surface area contributed by atoms with Crippen LogP contribution in [-0.4, -0.2) is 79.2 Å². The molecular formula is C20H25N5O4S. The van der Waals surface area contributed by atoms with Crippen LogP contribution in [0.1, 0.15) is 10.4 Å². The number of rotatable bonds is 7. The molecule has 1 aromatic carbocycles. The molecule has 1 aliphatic heterocycles. The Morgan fingerprint density at radius 1 is 1.27 bits per heavy atom. The van der Waals surface area contributed by atoms with Crippen molar-refractivity contribution in [1.82, 2.24) is 19.7 Å². The van der Waals surface area contributed by atoms with Crippen molar-refractivity contribution in [2.24, 2.45) is 7.05 Å². The Bertz CT molecular complexity index is 1030. The number of anilines is 1. The van der Waals surface area contributed by atoms with E-state index < -0.39 is 0 Å². The average Bonchev–Trinajstić information content (AvgIpc) is 3.36. The summed E-state index contributed by atoms with van der Waals surface area (Å²) in [5.74, 6) is 0.861. The molecule has 9 nitrogen and oxygen atoms in total. The maximum atomic E-state index is 13.5. The fraction of sp³-hybridized carbons (Fsp3) is 0.450. The number of benzene rings is 1. The zero-order chi connectivity index (χ0) is 21.1. The Morgan fingerprint density at radius 3 is 2.80 bits per heavy atom. The van der Waals surface area contributed by atoms with E-state index in [0.29, 0.717) is 36.3 Å². The van der Waals surface area contributed by atoms with Crippen LogP contribution in [0.4, 0.5) is 5.13 Å². The summed E-state index contributed by atoms with van der Waals surface area (Å²) in [6.07, 6.45) is 1.68. The minimum absolute atomic E-state index is 0.181. The van der Waals surface area contributed by atoms with Crippen LogP contribution in [0, 0.1) is 0 Å². The van der Waals surface area contributed by atoms with Crippen molar-refractivity contribution in [2.75, 3.05) is 58.5 Å². The first-order valence-corrected chi connectivity index (χ1v) is 10.5. The largest absolute Gasteiger partial charge is 0.497 e. The third-order valence-electron chi connectivity index (χ3n) is 5.02. The van der Waals surface area contributed by atoms with E-state index in [2.05, 4.69) is 10.00 Å². The number of morpholine rings is 1. The zero-order valence-corrected chi connectivity index (χ0v) is 18.1. The summed E-state index contributed by atoms with van der Waals surface area (Å²) in [5, 5.41) is 4.87. The monoisotopic (exact) mass is 431 g/mol. The molecule has 0 spiro atoms. The van der Waals surface area contributed by atoms with Crippen molar-refractivity contribution in [2.45, 2.75) is 0 Å². The van der Waals surface area contributed by atoms with E-state index >= 15 is 0 Å². The highest BCUT2D eigenvalue weighted by molar-refractivity contribution is 7.22. The Morgan fingerprint density at radius 2 is 2.07 bits per heavy atom. The van der Waals surface area contributed by atoms with Crippen LogP contribution in [0.5, 0.6) is 11.6 Å². The van der Waals surface area contributed by atoms with Gasteiger partial charge in [-0.15, -0.1) is 5.10 Å². The predicted octanol–water partition coefficient (Wildman–Crippen LogP) is 2.03. The molecule has 10 heteroatoms. The van der Waals surface area contributed by atoms with Crippen molar-refractivity contribution >= 4 is 32.6 Å². The summed E-state index contributed by atoms with van der Waals surface area (Å²) in [4.78, 5) is 22.2.